The van der Waals surface area contributed by atoms with E-state index in [-0.39, 0.29) is 12.2 Å². The van der Waals surface area contributed by atoms with E-state index >= 15 is 0 Å². The van der Waals surface area contributed by atoms with Gasteiger partial charge in [-0.1, -0.05) is 6.07 Å². The number of carbonyl (C=O) groups is 1. The Balaban J connectivity index is 2.20. The van der Waals surface area contributed by atoms with Crippen LogP contribution in [0, 0.1) is 5.82 Å². The van der Waals surface area contributed by atoms with E-state index in [1.54, 1.807) is 0 Å². The van der Waals surface area contributed by atoms with Crippen LogP contribution in [0.1, 0.15) is 21.5 Å². The van der Waals surface area contributed by atoms with E-state index in [1.807, 2.05) is 0 Å². The largest absolute Gasteiger partial charge is 0.489 e. The molecule has 0 aliphatic carbocycles. The first-order valence-corrected chi connectivity index (χ1v) is 6.09. The van der Waals surface area contributed by atoms with Crippen molar-refractivity contribution in [3.63, 3.8) is 0 Å². The van der Waals surface area contributed by atoms with E-state index in [2.05, 4.69) is 0 Å². The fourth-order valence-corrected chi connectivity index (χ4v) is 1.80. The van der Waals surface area contributed by atoms with Gasteiger partial charge >= 0.3 is 12.1 Å². The van der Waals surface area contributed by atoms with Crippen molar-refractivity contribution < 1.29 is 32.2 Å². The monoisotopic (exact) mass is 314 g/mol. The predicted molar refractivity (Wildman–Crippen MR) is 69.1 cm³/mol. The zero-order valence-electron chi connectivity index (χ0n) is 11.0. The van der Waals surface area contributed by atoms with Gasteiger partial charge in [-0.05, 0) is 42.0 Å². The fourth-order valence-electron chi connectivity index (χ4n) is 1.80. The van der Waals surface area contributed by atoms with Crippen molar-refractivity contribution in [2.45, 2.75) is 12.8 Å². The van der Waals surface area contributed by atoms with E-state index in [0.717, 1.165) is 12.1 Å². The SMILES string of the molecule is O=C(O)c1cc(COc2ccc(F)cc2)ccc1C(F)(F)F. The van der Waals surface area contributed by atoms with Crippen LogP contribution in [0.5, 0.6) is 5.75 Å². The quantitative estimate of drug-likeness (QED) is 0.864. The maximum absolute atomic E-state index is 12.7. The van der Waals surface area contributed by atoms with Gasteiger partial charge in [-0.25, -0.2) is 9.18 Å². The number of hydrogen-bond donors (Lipinski definition) is 1. The van der Waals surface area contributed by atoms with Gasteiger partial charge in [0.25, 0.3) is 0 Å². The minimum Gasteiger partial charge on any atom is -0.489 e. The van der Waals surface area contributed by atoms with Gasteiger partial charge in [0, 0.05) is 0 Å². The molecule has 0 bridgehead atoms. The molecule has 0 atom stereocenters. The third kappa shape index (κ3) is 3.75. The Morgan fingerprint density at radius 3 is 2.27 bits per heavy atom. The fraction of sp³-hybridized carbons (Fsp3) is 0.133. The molecule has 0 amide bonds. The van der Waals surface area contributed by atoms with Crippen LogP contribution in [-0.4, -0.2) is 11.1 Å². The summed E-state index contributed by atoms with van der Waals surface area (Å²) in [5.41, 5.74) is -1.80. The normalized spacial score (nSPS) is 11.3. The first-order valence-electron chi connectivity index (χ1n) is 6.09. The number of halogens is 4. The van der Waals surface area contributed by atoms with Crippen molar-refractivity contribution >= 4 is 5.97 Å². The predicted octanol–water partition coefficient (Wildman–Crippen LogP) is 4.12. The molecule has 2 aromatic carbocycles. The molecule has 0 spiro atoms. The molecule has 3 nitrogen and oxygen atoms in total. The van der Waals surface area contributed by atoms with Gasteiger partial charge in [0.05, 0.1) is 11.1 Å². The van der Waals surface area contributed by atoms with Gasteiger partial charge in [0.15, 0.2) is 0 Å². The molecule has 0 aliphatic heterocycles. The first kappa shape index (κ1) is 15.8. The maximum atomic E-state index is 12.7. The smallest absolute Gasteiger partial charge is 0.417 e. The number of benzene rings is 2. The molecule has 0 fully saturated rings. The van der Waals surface area contributed by atoms with Gasteiger partial charge in [-0.2, -0.15) is 13.2 Å². The Morgan fingerprint density at radius 1 is 1.09 bits per heavy atom. The Bertz CT molecular complexity index is 678. The third-order valence-electron chi connectivity index (χ3n) is 2.84. The average Bonchev–Trinajstić information content (AvgIpc) is 2.45. The number of alkyl halides is 3. The van der Waals surface area contributed by atoms with E-state index in [9.17, 15) is 22.4 Å². The molecule has 2 rings (SSSR count). The van der Waals surface area contributed by atoms with Crippen molar-refractivity contribution in [2.24, 2.45) is 0 Å². The average molecular weight is 314 g/mol. The van der Waals surface area contributed by atoms with Gasteiger partial charge in [-0.15, -0.1) is 0 Å². The van der Waals surface area contributed by atoms with E-state index < -0.39 is 29.1 Å². The van der Waals surface area contributed by atoms with Crippen molar-refractivity contribution in [2.75, 3.05) is 0 Å². The van der Waals surface area contributed by atoms with Crippen LogP contribution in [0.15, 0.2) is 42.5 Å². The molecule has 2 aromatic rings. The summed E-state index contributed by atoms with van der Waals surface area (Å²) in [6.45, 7) is -0.135. The van der Waals surface area contributed by atoms with Gasteiger partial charge in [-0.3, -0.25) is 0 Å². The topological polar surface area (TPSA) is 46.5 Å². The number of aromatic carboxylic acids is 1. The van der Waals surface area contributed by atoms with E-state index in [1.165, 1.54) is 24.3 Å². The van der Waals surface area contributed by atoms with Crippen LogP contribution < -0.4 is 4.74 Å². The summed E-state index contributed by atoms with van der Waals surface area (Å²) in [6, 6.07) is 7.81. The van der Waals surface area contributed by atoms with Crippen molar-refractivity contribution in [3.05, 3.63) is 65.0 Å². The second-order valence-corrected chi connectivity index (χ2v) is 4.43. The minimum absolute atomic E-state index is 0.135. The highest BCUT2D eigenvalue weighted by atomic mass is 19.4. The molecule has 0 aliphatic rings. The molecule has 0 saturated heterocycles. The second-order valence-electron chi connectivity index (χ2n) is 4.43. The van der Waals surface area contributed by atoms with E-state index in [4.69, 9.17) is 9.84 Å². The Hall–Kier alpha value is -2.57. The second kappa shape index (κ2) is 6.05. The molecule has 0 heterocycles. The Morgan fingerprint density at radius 2 is 1.73 bits per heavy atom. The van der Waals surface area contributed by atoms with Crippen LogP contribution in [0.3, 0.4) is 0 Å². The summed E-state index contributed by atoms with van der Waals surface area (Å²) in [5, 5.41) is 8.89. The molecule has 22 heavy (non-hydrogen) atoms. The van der Waals surface area contributed by atoms with Gasteiger partial charge < -0.3 is 9.84 Å². The van der Waals surface area contributed by atoms with Crippen molar-refractivity contribution in [3.8, 4) is 5.75 Å². The lowest BCUT2D eigenvalue weighted by Crippen LogP contribution is -2.13. The molecular formula is C15H10F4O3. The van der Waals surface area contributed by atoms with Crippen molar-refractivity contribution in [1.82, 2.24) is 0 Å². The first-order chi connectivity index (χ1) is 10.3. The summed E-state index contributed by atoms with van der Waals surface area (Å²) >= 11 is 0. The highest BCUT2D eigenvalue weighted by Gasteiger charge is 2.35. The third-order valence-corrected chi connectivity index (χ3v) is 2.84. The molecule has 0 unspecified atom stereocenters. The summed E-state index contributed by atoms with van der Waals surface area (Å²) in [6.07, 6.45) is -4.75. The number of carboxylic acid groups (broad SMARTS) is 1. The molecule has 0 saturated carbocycles. The van der Waals surface area contributed by atoms with Crippen molar-refractivity contribution in [1.29, 1.82) is 0 Å². The lowest BCUT2D eigenvalue weighted by atomic mass is 10.0. The zero-order valence-corrected chi connectivity index (χ0v) is 11.0. The standard InChI is InChI=1S/C15H10F4O3/c16-10-2-4-11(5-3-10)22-8-9-1-6-13(15(17,18)19)12(7-9)14(20)21/h1-7H,8H2,(H,20,21). The molecule has 0 aromatic heterocycles. The highest BCUT2D eigenvalue weighted by molar-refractivity contribution is 5.89. The maximum Gasteiger partial charge on any atom is 0.417 e. The molecule has 0 radical (unpaired) electrons. The summed E-state index contributed by atoms with van der Waals surface area (Å²) in [5.74, 6) is -1.80. The van der Waals surface area contributed by atoms with Crippen LogP contribution in [-0.2, 0) is 12.8 Å². The van der Waals surface area contributed by atoms with Crippen LogP contribution in [0.4, 0.5) is 17.6 Å². The van der Waals surface area contributed by atoms with Crippen LogP contribution in [0.2, 0.25) is 0 Å². The number of carboxylic acids is 1. The zero-order chi connectivity index (χ0) is 16.3. The summed E-state index contributed by atoms with van der Waals surface area (Å²) < 4.78 is 56.1. The van der Waals surface area contributed by atoms with Crippen LogP contribution >= 0.6 is 0 Å². The Kier molecular flexibility index (Phi) is 4.35. The lowest BCUT2D eigenvalue weighted by Gasteiger charge is -2.12. The number of hydrogen-bond acceptors (Lipinski definition) is 2. The summed E-state index contributed by atoms with van der Waals surface area (Å²) in [4.78, 5) is 10.9. The van der Waals surface area contributed by atoms with Gasteiger partial charge in [0.2, 0.25) is 0 Å². The van der Waals surface area contributed by atoms with Gasteiger partial charge in [0.1, 0.15) is 18.2 Å². The Labute approximate surface area is 122 Å². The number of rotatable bonds is 4. The molecule has 1 N–H and O–H groups in total. The minimum atomic E-state index is -4.75. The van der Waals surface area contributed by atoms with E-state index in [0.29, 0.717) is 11.8 Å². The highest BCUT2D eigenvalue weighted by Crippen LogP contribution is 2.32. The number of ether oxygens (including phenoxy) is 1. The van der Waals surface area contributed by atoms with Crippen LogP contribution in [0.25, 0.3) is 0 Å². The molecule has 7 heteroatoms. The molecule has 116 valence electrons. The summed E-state index contributed by atoms with van der Waals surface area (Å²) in [7, 11) is 0. The molecular weight excluding hydrogens is 304 g/mol. The lowest BCUT2D eigenvalue weighted by molar-refractivity contribution is -0.138.